The number of thioether (sulfide) groups is 1. The molecular weight excluding hydrogens is 222 g/mol. The van der Waals surface area contributed by atoms with Gasteiger partial charge in [0.15, 0.2) is 4.87 Å². The largest absolute Gasteiger partial charge is 0.367 e. The molecule has 1 aliphatic rings. The van der Waals surface area contributed by atoms with Gasteiger partial charge in [0.05, 0.1) is 6.04 Å². The number of rotatable bonds is 3. The van der Waals surface area contributed by atoms with Crippen molar-refractivity contribution in [2.24, 2.45) is 5.73 Å². The third kappa shape index (κ3) is 2.79. The summed E-state index contributed by atoms with van der Waals surface area (Å²) in [5, 5.41) is 5.46. The molecule has 80 valence electrons. The summed E-state index contributed by atoms with van der Waals surface area (Å²) in [6.07, 6.45) is 0. The Bertz CT molecular complexity index is 251. The summed E-state index contributed by atoms with van der Waals surface area (Å²) in [6, 6.07) is -0.258. The molecule has 4 N–H and O–H groups in total. The van der Waals surface area contributed by atoms with Crippen LogP contribution in [0.3, 0.4) is 0 Å². The lowest BCUT2D eigenvalue weighted by atomic mass is 10.2. The fourth-order valence-corrected chi connectivity index (χ4v) is 2.00. The highest BCUT2D eigenvalue weighted by Crippen LogP contribution is 2.13. The Labute approximate surface area is 92.0 Å². The van der Waals surface area contributed by atoms with Crippen LogP contribution in [0.15, 0.2) is 0 Å². The van der Waals surface area contributed by atoms with Gasteiger partial charge >= 0.3 is 0 Å². The average molecular weight is 235 g/mol. The zero-order valence-electron chi connectivity index (χ0n) is 7.74. The van der Waals surface area contributed by atoms with Crippen LogP contribution in [-0.2, 0) is 9.59 Å². The van der Waals surface area contributed by atoms with E-state index in [2.05, 4.69) is 23.3 Å². The standard InChI is InChI=1S/C7H13N3O2S2/c1-7(13,6(8)12)10-5(11)4-2-14-3-9-4/h4,9,13H,2-3H2,1H3,(H2,8,12)(H,10,11)/t4-,7?/m0/s1. The molecule has 7 heteroatoms. The summed E-state index contributed by atoms with van der Waals surface area (Å²) >= 11 is 5.60. The SMILES string of the molecule is CC(S)(NC(=O)[C@@H]1CSCN1)C(N)=O. The summed E-state index contributed by atoms with van der Waals surface area (Å²) in [6.45, 7) is 1.46. The molecule has 0 saturated carbocycles. The van der Waals surface area contributed by atoms with Gasteiger partial charge in [0.2, 0.25) is 5.91 Å². The number of amides is 2. The third-order valence-corrected chi connectivity index (χ3v) is 3.15. The summed E-state index contributed by atoms with van der Waals surface area (Å²) in [5.41, 5.74) is 5.06. The highest BCUT2D eigenvalue weighted by Gasteiger charge is 2.32. The molecule has 0 aromatic rings. The molecule has 2 amide bonds. The minimum Gasteiger partial charge on any atom is -0.367 e. The van der Waals surface area contributed by atoms with Gasteiger partial charge in [-0.3, -0.25) is 14.9 Å². The highest BCUT2D eigenvalue weighted by molar-refractivity contribution is 7.99. The van der Waals surface area contributed by atoms with Crippen molar-refractivity contribution in [1.29, 1.82) is 0 Å². The van der Waals surface area contributed by atoms with Crippen LogP contribution < -0.4 is 16.4 Å². The topological polar surface area (TPSA) is 84.2 Å². The Hall–Kier alpha value is -0.400. The average Bonchev–Trinajstić information content (AvgIpc) is 2.54. The van der Waals surface area contributed by atoms with Crippen LogP contribution in [-0.4, -0.2) is 34.4 Å². The predicted octanol–water partition coefficient (Wildman–Crippen LogP) is -1.10. The number of nitrogens with two attached hydrogens (primary N) is 1. The number of thiol groups is 1. The van der Waals surface area contributed by atoms with Crippen LogP contribution in [0.25, 0.3) is 0 Å². The van der Waals surface area contributed by atoms with Gasteiger partial charge in [-0.2, -0.15) is 0 Å². The molecule has 1 rings (SSSR count). The Morgan fingerprint density at radius 3 is 2.79 bits per heavy atom. The van der Waals surface area contributed by atoms with Crippen LogP contribution in [0.1, 0.15) is 6.92 Å². The Morgan fingerprint density at radius 1 is 1.71 bits per heavy atom. The first-order chi connectivity index (χ1) is 6.43. The van der Waals surface area contributed by atoms with E-state index in [0.717, 1.165) is 5.88 Å². The molecule has 1 fully saturated rings. The van der Waals surface area contributed by atoms with Crippen molar-refractivity contribution in [3.05, 3.63) is 0 Å². The number of hydrogen-bond acceptors (Lipinski definition) is 5. The second-order valence-corrected chi connectivity index (χ2v) is 5.12. The fourth-order valence-electron chi connectivity index (χ4n) is 0.952. The van der Waals surface area contributed by atoms with Crippen LogP contribution in [0.5, 0.6) is 0 Å². The number of nitrogens with one attached hydrogen (secondary N) is 2. The number of carbonyl (C=O) groups is 2. The minimum atomic E-state index is -1.29. The molecule has 0 aliphatic carbocycles. The number of carbonyl (C=O) groups excluding carboxylic acids is 2. The van der Waals surface area contributed by atoms with Crippen LogP contribution in [0.4, 0.5) is 0 Å². The summed E-state index contributed by atoms with van der Waals surface area (Å²) in [7, 11) is 0. The van der Waals surface area contributed by atoms with Gasteiger partial charge in [0.1, 0.15) is 0 Å². The van der Waals surface area contributed by atoms with E-state index >= 15 is 0 Å². The Balaban J connectivity index is 2.51. The first-order valence-electron chi connectivity index (χ1n) is 4.09. The van der Waals surface area contributed by atoms with Crippen molar-refractivity contribution in [1.82, 2.24) is 10.6 Å². The van der Waals surface area contributed by atoms with Gasteiger partial charge in [-0.25, -0.2) is 0 Å². The van der Waals surface area contributed by atoms with Gasteiger partial charge in [0.25, 0.3) is 5.91 Å². The molecule has 2 atom stereocenters. The van der Waals surface area contributed by atoms with E-state index in [0.29, 0.717) is 5.75 Å². The van der Waals surface area contributed by atoms with E-state index in [4.69, 9.17) is 5.73 Å². The first-order valence-corrected chi connectivity index (χ1v) is 5.69. The van der Waals surface area contributed by atoms with Crippen LogP contribution in [0, 0.1) is 0 Å². The monoisotopic (exact) mass is 235 g/mol. The molecule has 5 nitrogen and oxygen atoms in total. The maximum atomic E-state index is 11.5. The van der Waals surface area contributed by atoms with E-state index < -0.39 is 10.8 Å². The van der Waals surface area contributed by atoms with E-state index in [9.17, 15) is 9.59 Å². The molecule has 1 unspecified atom stereocenters. The predicted molar refractivity (Wildman–Crippen MR) is 59.0 cm³/mol. The molecular formula is C7H13N3O2S2. The smallest absolute Gasteiger partial charge is 0.253 e. The zero-order chi connectivity index (χ0) is 10.8. The molecule has 1 heterocycles. The quantitative estimate of drug-likeness (QED) is 0.369. The van der Waals surface area contributed by atoms with Crippen LogP contribution in [0.2, 0.25) is 0 Å². The maximum absolute atomic E-state index is 11.5. The number of primary amides is 1. The summed E-state index contributed by atoms with van der Waals surface area (Å²) < 4.78 is 0. The fraction of sp³-hybridized carbons (Fsp3) is 0.714. The molecule has 1 aliphatic heterocycles. The molecule has 0 bridgehead atoms. The second-order valence-electron chi connectivity index (χ2n) is 3.20. The van der Waals surface area contributed by atoms with Crippen molar-refractivity contribution in [2.45, 2.75) is 17.8 Å². The molecule has 0 spiro atoms. The zero-order valence-corrected chi connectivity index (χ0v) is 9.45. The third-order valence-electron chi connectivity index (χ3n) is 1.88. The highest BCUT2D eigenvalue weighted by atomic mass is 32.2. The van der Waals surface area contributed by atoms with Gasteiger partial charge < -0.3 is 11.1 Å². The maximum Gasteiger partial charge on any atom is 0.253 e. The molecule has 0 aromatic heterocycles. The van der Waals surface area contributed by atoms with Crippen molar-refractivity contribution in [3.8, 4) is 0 Å². The molecule has 0 aromatic carbocycles. The lowest BCUT2D eigenvalue weighted by Gasteiger charge is -2.23. The van der Waals surface area contributed by atoms with Gasteiger partial charge in [-0.05, 0) is 6.92 Å². The van der Waals surface area contributed by atoms with E-state index in [1.807, 2.05) is 0 Å². The van der Waals surface area contributed by atoms with Gasteiger partial charge in [-0.1, -0.05) is 0 Å². The summed E-state index contributed by atoms with van der Waals surface area (Å²) in [5.74, 6) is 0.540. The normalized spacial score (nSPS) is 25.4. The molecule has 14 heavy (non-hydrogen) atoms. The van der Waals surface area contributed by atoms with Crippen molar-refractivity contribution < 1.29 is 9.59 Å². The lowest BCUT2D eigenvalue weighted by Crippen LogP contribution is -2.55. The minimum absolute atomic E-state index is 0.244. The molecule has 1 saturated heterocycles. The van der Waals surface area contributed by atoms with Crippen LogP contribution >= 0.6 is 24.4 Å². The first kappa shape index (κ1) is 11.7. The Kier molecular flexibility index (Phi) is 3.68. The van der Waals surface area contributed by atoms with Crippen molar-refractivity contribution >= 4 is 36.2 Å². The summed E-state index contributed by atoms with van der Waals surface area (Å²) in [4.78, 5) is 21.1. The second kappa shape index (κ2) is 4.41. The van der Waals surface area contributed by atoms with Gasteiger partial charge in [0, 0.05) is 11.6 Å². The van der Waals surface area contributed by atoms with Crippen molar-refractivity contribution in [3.63, 3.8) is 0 Å². The van der Waals surface area contributed by atoms with Gasteiger partial charge in [-0.15, -0.1) is 24.4 Å². The Morgan fingerprint density at radius 2 is 2.36 bits per heavy atom. The molecule has 0 radical (unpaired) electrons. The van der Waals surface area contributed by atoms with Crippen molar-refractivity contribution in [2.75, 3.05) is 11.6 Å². The van der Waals surface area contributed by atoms with E-state index in [1.165, 1.54) is 6.92 Å². The lowest BCUT2D eigenvalue weighted by molar-refractivity contribution is -0.128. The number of hydrogen-bond donors (Lipinski definition) is 4. The van der Waals surface area contributed by atoms with E-state index in [-0.39, 0.29) is 11.9 Å². The van der Waals surface area contributed by atoms with E-state index in [1.54, 1.807) is 11.8 Å².